The molecule has 1 aliphatic heterocycles. The van der Waals surface area contributed by atoms with Crippen LogP contribution in [0.3, 0.4) is 0 Å². The van der Waals surface area contributed by atoms with Crippen molar-refractivity contribution in [1.29, 1.82) is 0 Å². The van der Waals surface area contributed by atoms with E-state index in [0.717, 1.165) is 12.1 Å². The third kappa shape index (κ3) is 2.76. The Morgan fingerprint density at radius 1 is 0.800 bits per heavy atom. The second-order valence-corrected chi connectivity index (χ2v) is 7.41. The molecule has 0 radical (unpaired) electrons. The molecule has 6 nitrogen and oxygen atoms in total. The molecule has 1 fully saturated rings. The van der Waals surface area contributed by atoms with Crippen molar-refractivity contribution in [3.63, 3.8) is 0 Å². The van der Waals surface area contributed by atoms with Gasteiger partial charge in [-0.15, -0.1) is 0 Å². The van der Waals surface area contributed by atoms with Crippen molar-refractivity contribution in [2.75, 3.05) is 16.8 Å². The van der Waals surface area contributed by atoms with Gasteiger partial charge in [0.25, 0.3) is 0 Å². The van der Waals surface area contributed by atoms with E-state index in [1.54, 1.807) is 35.2 Å². The summed E-state index contributed by atoms with van der Waals surface area (Å²) in [6.45, 7) is 0.715. The molecule has 5 rings (SSSR count). The zero-order valence-corrected chi connectivity index (χ0v) is 16.0. The lowest BCUT2D eigenvalue weighted by atomic mass is 9.82. The van der Waals surface area contributed by atoms with Crippen molar-refractivity contribution < 1.29 is 19.5 Å². The molecule has 1 aliphatic carbocycles. The van der Waals surface area contributed by atoms with Crippen LogP contribution in [0.5, 0.6) is 5.75 Å². The van der Waals surface area contributed by atoms with E-state index in [4.69, 9.17) is 0 Å². The van der Waals surface area contributed by atoms with Crippen LogP contribution in [0.1, 0.15) is 44.7 Å². The minimum absolute atomic E-state index is 0.0167. The highest BCUT2D eigenvalue weighted by Crippen LogP contribution is 2.38. The van der Waals surface area contributed by atoms with E-state index in [9.17, 15) is 19.5 Å². The molecular weight excluding hydrogens is 380 g/mol. The summed E-state index contributed by atoms with van der Waals surface area (Å²) in [5, 5.41) is 13.5. The van der Waals surface area contributed by atoms with Gasteiger partial charge in [-0.25, -0.2) is 0 Å². The summed E-state index contributed by atoms with van der Waals surface area (Å²) in [7, 11) is 0. The van der Waals surface area contributed by atoms with Gasteiger partial charge < -0.3 is 15.3 Å². The highest BCUT2D eigenvalue weighted by atomic mass is 16.3. The SMILES string of the molecule is O=C1c2ccccc2C(=O)c2c(Nc3ccc(N4CCCC4=O)cc3)ccc(O)c21. The number of amides is 1. The molecule has 6 heteroatoms. The summed E-state index contributed by atoms with van der Waals surface area (Å²) in [5.74, 6) is -0.778. The quantitative estimate of drug-likeness (QED) is 0.509. The fourth-order valence-electron chi connectivity index (χ4n) is 4.11. The number of ketones is 2. The number of aromatic hydroxyl groups is 1. The standard InChI is InChI=1S/C24H18N2O4/c27-19-12-11-18(21-22(19)24(30)17-5-2-1-4-16(17)23(21)29)25-14-7-9-15(10-8-14)26-13-3-6-20(26)28/h1-2,4-5,7-12,25,27H,3,6,13H2. The van der Waals surface area contributed by atoms with E-state index in [0.29, 0.717) is 35.5 Å². The molecule has 2 aliphatic rings. The zero-order valence-electron chi connectivity index (χ0n) is 16.0. The Morgan fingerprint density at radius 3 is 2.10 bits per heavy atom. The van der Waals surface area contributed by atoms with Crippen molar-refractivity contribution in [1.82, 2.24) is 0 Å². The molecule has 148 valence electrons. The van der Waals surface area contributed by atoms with Gasteiger partial charge in [0.2, 0.25) is 5.91 Å². The third-order valence-corrected chi connectivity index (χ3v) is 5.59. The molecule has 1 amide bonds. The Morgan fingerprint density at radius 2 is 1.47 bits per heavy atom. The summed E-state index contributed by atoms with van der Waals surface area (Å²) >= 11 is 0. The second kappa shape index (κ2) is 6.84. The van der Waals surface area contributed by atoms with Crippen LogP contribution in [-0.2, 0) is 4.79 Å². The number of hydrogen-bond acceptors (Lipinski definition) is 5. The largest absolute Gasteiger partial charge is 0.507 e. The van der Waals surface area contributed by atoms with Crippen molar-refractivity contribution >= 4 is 34.5 Å². The van der Waals surface area contributed by atoms with Gasteiger partial charge in [0, 0.05) is 35.5 Å². The smallest absolute Gasteiger partial charge is 0.227 e. The zero-order chi connectivity index (χ0) is 20.8. The molecular formula is C24H18N2O4. The van der Waals surface area contributed by atoms with Crippen LogP contribution in [-0.4, -0.2) is 29.1 Å². The minimum atomic E-state index is -0.371. The summed E-state index contributed by atoms with van der Waals surface area (Å²) in [6.07, 6.45) is 1.42. The molecule has 0 atom stereocenters. The summed E-state index contributed by atoms with van der Waals surface area (Å²) < 4.78 is 0. The summed E-state index contributed by atoms with van der Waals surface area (Å²) in [4.78, 5) is 39.7. The Bertz CT molecular complexity index is 1210. The highest BCUT2D eigenvalue weighted by Gasteiger charge is 2.34. The van der Waals surface area contributed by atoms with Gasteiger partial charge in [-0.1, -0.05) is 24.3 Å². The first kappa shape index (κ1) is 18.1. The Labute approximate surface area is 172 Å². The van der Waals surface area contributed by atoms with Crippen LogP contribution in [0.2, 0.25) is 0 Å². The topological polar surface area (TPSA) is 86.7 Å². The highest BCUT2D eigenvalue weighted by molar-refractivity contribution is 6.31. The van der Waals surface area contributed by atoms with Gasteiger partial charge in [0.15, 0.2) is 11.6 Å². The molecule has 1 saturated heterocycles. The lowest BCUT2D eigenvalue weighted by Crippen LogP contribution is -2.23. The van der Waals surface area contributed by atoms with Gasteiger partial charge in [0.1, 0.15) is 5.75 Å². The van der Waals surface area contributed by atoms with Crippen molar-refractivity contribution in [3.05, 3.63) is 82.9 Å². The number of carbonyl (C=O) groups excluding carboxylic acids is 3. The predicted octanol–water partition coefficient (Wildman–Crippen LogP) is 4.04. The molecule has 3 aromatic rings. The van der Waals surface area contributed by atoms with Crippen LogP contribution in [0.25, 0.3) is 0 Å². The van der Waals surface area contributed by atoms with Crippen LogP contribution < -0.4 is 10.2 Å². The first-order chi connectivity index (χ1) is 14.5. The number of nitrogens with zero attached hydrogens (tertiary/aromatic N) is 1. The molecule has 2 N–H and O–H groups in total. The Balaban J connectivity index is 1.52. The average molecular weight is 398 g/mol. The number of fused-ring (bicyclic) bond motifs is 2. The monoisotopic (exact) mass is 398 g/mol. The van der Waals surface area contributed by atoms with Crippen LogP contribution in [0, 0.1) is 0 Å². The molecule has 0 aromatic heterocycles. The minimum Gasteiger partial charge on any atom is -0.507 e. The number of anilines is 3. The maximum absolute atomic E-state index is 13.1. The second-order valence-electron chi connectivity index (χ2n) is 7.41. The van der Waals surface area contributed by atoms with Crippen molar-refractivity contribution in [2.45, 2.75) is 12.8 Å². The number of phenols is 1. The molecule has 30 heavy (non-hydrogen) atoms. The van der Waals surface area contributed by atoms with Crippen molar-refractivity contribution in [3.8, 4) is 5.75 Å². The van der Waals surface area contributed by atoms with Gasteiger partial charge >= 0.3 is 0 Å². The average Bonchev–Trinajstić information content (AvgIpc) is 3.19. The Hall–Kier alpha value is -3.93. The first-order valence-electron chi connectivity index (χ1n) is 9.76. The van der Waals surface area contributed by atoms with E-state index in [-0.39, 0.29) is 34.4 Å². The molecule has 1 heterocycles. The van der Waals surface area contributed by atoms with Gasteiger partial charge in [-0.3, -0.25) is 14.4 Å². The number of benzene rings is 3. The molecule has 0 bridgehead atoms. The van der Waals surface area contributed by atoms with E-state index in [1.165, 1.54) is 6.07 Å². The number of nitrogens with one attached hydrogen (secondary N) is 1. The van der Waals surface area contributed by atoms with Crippen LogP contribution in [0.4, 0.5) is 17.1 Å². The maximum atomic E-state index is 13.1. The van der Waals surface area contributed by atoms with Gasteiger partial charge in [-0.2, -0.15) is 0 Å². The van der Waals surface area contributed by atoms with Crippen molar-refractivity contribution in [2.24, 2.45) is 0 Å². The van der Waals surface area contributed by atoms with E-state index >= 15 is 0 Å². The lowest BCUT2D eigenvalue weighted by Gasteiger charge is -2.22. The van der Waals surface area contributed by atoms with E-state index in [2.05, 4.69) is 5.32 Å². The van der Waals surface area contributed by atoms with Gasteiger partial charge in [-0.05, 0) is 42.8 Å². The lowest BCUT2D eigenvalue weighted by molar-refractivity contribution is -0.117. The molecule has 3 aromatic carbocycles. The fraction of sp³-hybridized carbons (Fsp3) is 0.125. The summed E-state index contributed by atoms with van der Waals surface area (Å²) in [6, 6.07) is 17.0. The Kier molecular flexibility index (Phi) is 4.13. The first-order valence-corrected chi connectivity index (χ1v) is 9.76. The third-order valence-electron chi connectivity index (χ3n) is 5.59. The van der Waals surface area contributed by atoms with Crippen LogP contribution in [0.15, 0.2) is 60.7 Å². The van der Waals surface area contributed by atoms with Crippen LogP contribution >= 0.6 is 0 Å². The number of hydrogen-bond donors (Lipinski definition) is 2. The number of carbonyl (C=O) groups is 3. The van der Waals surface area contributed by atoms with Gasteiger partial charge in [0.05, 0.1) is 16.8 Å². The molecule has 0 spiro atoms. The molecule has 0 unspecified atom stereocenters. The van der Waals surface area contributed by atoms with E-state index < -0.39 is 0 Å². The van der Waals surface area contributed by atoms with E-state index in [1.807, 2.05) is 24.3 Å². The number of rotatable bonds is 3. The predicted molar refractivity (Wildman–Crippen MR) is 113 cm³/mol. The number of phenolic OH excluding ortho intramolecular Hbond substituents is 1. The molecule has 0 saturated carbocycles. The fourth-order valence-corrected chi connectivity index (χ4v) is 4.11. The maximum Gasteiger partial charge on any atom is 0.227 e. The normalized spacial score (nSPS) is 15.2. The summed E-state index contributed by atoms with van der Waals surface area (Å²) in [5.41, 5.74) is 2.78.